The van der Waals surface area contributed by atoms with Crippen molar-refractivity contribution in [2.75, 3.05) is 11.9 Å². The lowest BCUT2D eigenvalue weighted by Gasteiger charge is -2.45. The Hall–Kier alpha value is -2.21. The third-order valence-electron chi connectivity index (χ3n) is 4.86. The van der Waals surface area contributed by atoms with Crippen LogP contribution in [0.15, 0.2) is 35.1 Å². The zero-order chi connectivity index (χ0) is 15.0. The highest BCUT2D eigenvalue weighted by Gasteiger charge is 2.46. The van der Waals surface area contributed by atoms with E-state index in [1.807, 2.05) is 12.1 Å². The second-order valence-electron chi connectivity index (χ2n) is 6.21. The van der Waals surface area contributed by atoms with Crippen LogP contribution in [-0.2, 0) is 4.79 Å². The summed E-state index contributed by atoms with van der Waals surface area (Å²) in [6.07, 6.45) is 7.46. The molecule has 1 aliphatic carbocycles. The maximum atomic E-state index is 12.6. The zero-order valence-electron chi connectivity index (χ0n) is 12.2. The Labute approximate surface area is 128 Å². The van der Waals surface area contributed by atoms with E-state index in [0.29, 0.717) is 17.6 Å². The van der Waals surface area contributed by atoms with E-state index < -0.39 is 0 Å². The predicted molar refractivity (Wildman–Crippen MR) is 81.1 cm³/mol. The fourth-order valence-corrected chi connectivity index (χ4v) is 3.43. The molecule has 2 aromatic rings. The summed E-state index contributed by atoms with van der Waals surface area (Å²) in [5.74, 6) is 0.429. The Morgan fingerprint density at radius 3 is 2.95 bits per heavy atom. The topological polar surface area (TPSA) is 80.1 Å². The van der Waals surface area contributed by atoms with E-state index >= 15 is 0 Å². The first-order chi connectivity index (χ1) is 10.8. The van der Waals surface area contributed by atoms with Gasteiger partial charge in [0.25, 0.3) is 0 Å². The van der Waals surface area contributed by atoms with Gasteiger partial charge >= 0.3 is 0 Å². The van der Waals surface area contributed by atoms with Crippen LogP contribution in [0.5, 0.6) is 0 Å². The van der Waals surface area contributed by atoms with Crippen molar-refractivity contribution in [1.82, 2.24) is 15.5 Å². The smallest absolute Gasteiger partial charge is 0.234 e. The molecular formula is C16H18N4O2. The van der Waals surface area contributed by atoms with Crippen LogP contribution < -0.4 is 10.6 Å². The number of nitrogens with zero attached hydrogens (tertiary/aromatic N) is 2. The summed E-state index contributed by atoms with van der Waals surface area (Å²) in [6, 6.07) is 6.08. The number of fused-ring (bicyclic) bond motifs is 3. The molecule has 2 aliphatic heterocycles. The van der Waals surface area contributed by atoms with Crippen molar-refractivity contribution >= 4 is 11.8 Å². The van der Waals surface area contributed by atoms with Gasteiger partial charge in [-0.25, -0.2) is 0 Å². The van der Waals surface area contributed by atoms with Gasteiger partial charge in [0.2, 0.25) is 11.8 Å². The fraction of sp³-hybridized carbons (Fsp3) is 0.438. The third-order valence-corrected chi connectivity index (χ3v) is 4.86. The Kier molecular flexibility index (Phi) is 3.18. The third kappa shape index (κ3) is 2.29. The predicted octanol–water partition coefficient (Wildman–Crippen LogP) is 2.21. The number of pyridine rings is 1. The second-order valence-corrected chi connectivity index (χ2v) is 6.21. The highest BCUT2D eigenvalue weighted by molar-refractivity contribution is 5.95. The average molecular weight is 298 g/mol. The molecule has 0 atom stereocenters. The molecule has 0 unspecified atom stereocenters. The summed E-state index contributed by atoms with van der Waals surface area (Å²) in [5.41, 5.74) is 1.24. The molecule has 22 heavy (non-hydrogen) atoms. The van der Waals surface area contributed by atoms with E-state index in [0.717, 1.165) is 37.8 Å². The van der Waals surface area contributed by atoms with E-state index in [1.54, 1.807) is 18.5 Å². The molecule has 6 nitrogen and oxygen atoms in total. The van der Waals surface area contributed by atoms with Crippen LogP contribution in [-0.4, -0.2) is 28.6 Å². The summed E-state index contributed by atoms with van der Waals surface area (Å²) in [4.78, 5) is 16.7. The number of amides is 1. The molecule has 2 aromatic heterocycles. The van der Waals surface area contributed by atoms with Crippen molar-refractivity contribution in [3.05, 3.63) is 30.6 Å². The van der Waals surface area contributed by atoms with Crippen LogP contribution in [0, 0.1) is 5.41 Å². The van der Waals surface area contributed by atoms with Gasteiger partial charge in [-0.2, -0.15) is 0 Å². The summed E-state index contributed by atoms with van der Waals surface area (Å²) >= 11 is 0. The molecule has 1 amide bonds. The summed E-state index contributed by atoms with van der Waals surface area (Å²) in [7, 11) is 0. The first kappa shape index (κ1) is 13.5. The van der Waals surface area contributed by atoms with E-state index in [9.17, 15) is 4.79 Å². The van der Waals surface area contributed by atoms with Gasteiger partial charge < -0.3 is 9.84 Å². The van der Waals surface area contributed by atoms with Crippen LogP contribution in [0.3, 0.4) is 0 Å². The maximum absolute atomic E-state index is 12.6. The monoisotopic (exact) mass is 298 g/mol. The zero-order valence-corrected chi connectivity index (χ0v) is 12.2. The number of nitrogens with one attached hydrogen (secondary N) is 2. The first-order valence-corrected chi connectivity index (χ1v) is 7.67. The molecule has 3 fully saturated rings. The van der Waals surface area contributed by atoms with Crippen LogP contribution in [0.1, 0.15) is 25.7 Å². The number of piperidine rings is 2. The molecule has 1 saturated carbocycles. The van der Waals surface area contributed by atoms with Gasteiger partial charge in [0, 0.05) is 36.6 Å². The Morgan fingerprint density at radius 1 is 1.41 bits per heavy atom. The molecule has 0 spiro atoms. The Bertz CT molecular complexity index is 661. The Balaban J connectivity index is 1.50. The average Bonchev–Trinajstić information content (AvgIpc) is 3.06. The van der Waals surface area contributed by atoms with Gasteiger partial charge in [0.15, 0.2) is 0 Å². The number of hydrogen-bond acceptors (Lipinski definition) is 5. The Morgan fingerprint density at radius 2 is 2.27 bits per heavy atom. The van der Waals surface area contributed by atoms with Gasteiger partial charge in [-0.05, 0) is 37.8 Å². The van der Waals surface area contributed by atoms with Crippen LogP contribution in [0.25, 0.3) is 11.3 Å². The first-order valence-electron chi connectivity index (χ1n) is 7.67. The van der Waals surface area contributed by atoms with Crippen LogP contribution in [0.4, 0.5) is 5.88 Å². The summed E-state index contributed by atoms with van der Waals surface area (Å²) in [5, 5.41) is 10.3. The van der Waals surface area contributed by atoms with Gasteiger partial charge in [-0.1, -0.05) is 5.16 Å². The number of carbonyl (C=O) groups excluding carboxylic acids is 1. The lowest BCUT2D eigenvalue weighted by Crippen LogP contribution is -2.56. The van der Waals surface area contributed by atoms with Gasteiger partial charge in [-0.3, -0.25) is 15.1 Å². The van der Waals surface area contributed by atoms with Crippen molar-refractivity contribution in [2.24, 2.45) is 5.41 Å². The van der Waals surface area contributed by atoms with Crippen molar-refractivity contribution in [3.63, 3.8) is 0 Å². The van der Waals surface area contributed by atoms with Gasteiger partial charge in [0.1, 0.15) is 5.69 Å². The molecule has 3 aliphatic rings. The molecule has 5 rings (SSSR count). The minimum atomic E-state index is -0.296. The molecule has 0 aromatic carbocycles. The lowest BCUT2D eigenvalue weighted by atomic mass is 9.68. The SMILES string of the molecule is O=C(Nc1cc(-c2cccnc2)no1)C12CCC(CC1)NC2. The fourth-order valence-electron chi connectivity index (χ4n) is 3.43. The molecule has 0 radical (unpaired) electrons. The normalized spacial score (nSPS) is 26.8. The highest BCUT2D eigenvalue weighted by atomic mass is 16.5. The van der Waals surface area contributed by atoms with Crippen molar-refractivity contribution in [2.45, 2.75) is 31.7 Å². The minimum absolute atomic E-state index is 0.0343. The summed E-state index contributed by atoms with van der Waals surface area (Å²) in [6.45, 7) is 0.757. The standard InChI is InChI=1S/C16H18N4O2/c21-15(16-5-3-12(4-6-16)18-10-16)19-14-8-13(20-22-14)11-2-1-7-17-9-11/h1-2,7-9,12,18H,3-6,10H2,(H,19,21). The number of aromatic nitrogens is 2. The van der Waals surface area contributed by atoms with Crippen molar-refractivity contribution in [3.8, 4) is 11.3 Å². The van der Waals surface area contributed by atoms with Crippen LogP contribution >= 0.6 is 0 Å². The second kappa shape index (κ2) is 5.21. The number of rotatable bonds is 3. The van der Waals surface area contributed by atoms with E-state index in [4.69, 9.17) is 4.52 Å². The van der Waals surface area contributed by atoms with Crippen molar-refractivity contribution < 1.29 is 9.32 Å². The number of hydrogen-bond donors (Lipinski definition) is 2. The molecule has 2 bridgehead atoms. The molecule has 4 heterocycles. The van der Waals surface area contributed by atoms with Gasteiger partial charge in [-0.15, -0.1) is 0 Å². The molecular weight excluding hydrogens is 280 g/mol. The molecule has 6 heteroatoms. The van der Waals surface area contributed by atoms with E-state index in [1.165, 1.54) is 0 Å². The number of carbonyl (C=O) groups is 1. The molecule has 2 N–H and O–H groups in total. The van der Waals surface area contributed by atoms with Crippen LogP contribution in [0.2, 0.25) is 0 Å². The largest absolute Gasteiger partial charge is 0.338 e. The molecule has 2 saturated heterocycles. The number of anilines is 1. The van der Waals surface area contributed by atoms with E-state index in [2.05, 4.69) is 20.8 Å². The maximum Gasteiger partial charge on any atom is 0.234 e. The molecule has 114 valence electrons. The van der Waals surface area contributed by atoms with Gasteiger partial charge in [0.05, 0.1) is 5.41 Å². The summed E-state index contributed by atoms with van der Waals surface area (Å²) < 4.78 is 5.25. The highest BCUT2D eigenvalue weighted by Crippen LogP contribution is 2.41. The minimum Gasteiger partial charge on any atom is -0.338 e. The quantitative estimate of drug-likeness (QED) is 0.908. The van der Waals surface area contributed by atoms with E-state index in [-0.39, 0.29) is 11.3 Å². The lowest BCUT2D eigenvalue weighted by molar-refractivity contribution is -0.129. The van der Waals surface area contributed by atoms with Crippen molar-refractivity contribution in [1.29, 1.82) is 0 Å².